The van der Waals surface area contributed by atoms with Gasteiger partial charge in [0.15, 0.2) is 0 Å². The van der Waals surface area contributed by atoms with Gasteiger partial charge in [0.2, 0.25) is 11.8 Å². The van der Waals surface area contributed by atoms with Gasteiger partial charge < -0.3 is 19.7 Å². The molecule has 1 atom stereocenters. The Morgan fingerprint density at radius 1 is 1.09 bits per heavy atom. The number of hydrogen-bond acceptors (Lipinski definition) is 7. The minimum Gasteiger partial charge on any atom is -0.480 e. The van der Waals surface area contributed by atoms with Crippen molar-refractivity contribution in [3.63, 3.8) is 0 Å². The van der Waals surface area contributed by atoms with Gasteiger partial charge in [0.05, 0.1) is 13.3 Å². The van der Waals surface area contributed by atoms with Crippen molar-refractivity contribution in [3.05, 3.63) is 48.2 Å². The molecule has 2 aliphatic heterocycles. The molecule has 0 radical (unpaired) electrons. The molecule has 7 heteroatoms. The Kier molecular flexibility index (Phi) is 5.21. The number of hydrogen-bond donors (Lipinski definition) is 1. The lowest BCUT2D eigenvalue weighted by atomic mass is 9.85. The third kappa shape index (κ3) is 3.88. The van der Waals surface area contributed by atoms with E-state index < -0.39 is 0 Å². The van der Waals surface area contributed by atoms with Crippen LogP contribution in [0, 0.1) is 5.41 Å². The minimum absolute atomic E-state index is 0.203. The molecule has 4 heterocycles. The summed E-state index contributed by atoms with van der Waals surface area (Å²) in [7, 11) is 1.59. The Bertz CT molecular complexity index is 1140. The second kappa shape index (κ2) is 8.06. The second-order valence-electron chi connectivity index (χ2n) is 9.49. The van der Waals surface area contributed by atoms with Crippen molar-refractivity contribution >= 4 is 5.82 Å². The molecule has 0 aliphatic carbocycles. The average molecular weight is 432 g/mol. The van der Waals surface area contributed by atoms with E-state index in [2.05, 4.69) is 71.5 Å². The van der Waals surface area contributed by atoms with E-state index in [1.165, 1.54) is 0 Å². The molecule has 2 aromatic heterocycles. The molecule has 0 bridgehead atoms. The van der Waals surface area contributed by atoms with Gasteiger partial charge in [-0.05, 0) is 40.3 Å². The van der Waals surface area contributed by atoms with E-state index in [9.17, 15) is 0 Å². The predicted molar refractivity (Wildman–Crippen MR) is 125 cm³/mol. The molecular formula is C25H29N5O2. The van der Waals surface area contributed by atoms with E-state index in [0.29, 0.717) is 24.4 Å². The minimum atomic E-state index is 0.203. The summed E-state index contributed by atoms with van der Waals surface area (Å²) in [6.07, 6.45) is 1.74. The van der Waals surface area contributed by atoms with Crippen LogP contribution in [0.15, 0.2) is 42.6 Å². The lowest BCUT2D eigenvalue weighted by Gasteiger charge is -2.41. The standard InChI is InChI=1S/C25H29N5O2/c1-25(2,3)21-14-30(10-9-26-21)22-8-7-20-19-6-5-16(11-18(19)15-32-24(20)28-22)17-12-23(31-4)29-27-13-17/h5-8,11-13,21,26H,9-10,14-15H2,1-4H3/t21-/m0/s1. The van der Waals surface area contributed by atoms with Crippen LogP contribution in [0.2, 0.25) is 0 Å². The monoisotopic (exact) mass is 431 g/mol. The molecule has 166 valence electrons. The summed E-state index contributed by atoms with van der Waals surface area (Å²) in [5.41, 5.74) is 5.56. The second-order valence-corrected chi connectivity index (χ2v) is 9.49. The van der Waals surface area contributed by atoms with Crippen LogP contribution < -0.4 is 19.7 Å². The molecule has 7 nitrogen and oxygen atoms in total. The largest absolute Gasteiger partial charge is 0.480 e. The van der Waals surface area contributed by atoms with E-state index in [1.807, 2.05) is 6.07 Å². The van der Waals surface area contributed by atoms with E-state index in [1.54, 1.807) is 13.3 Å². The van der Waals surface area contributed by atoms with Crippen LogP contribution in [0.5, 0.6) is 11.8 Å². The maximum Gasteiger partial charge on any atom is 0.233 e. The van der Waals surface area contributed by atoms with Gasteiger partial charge in [-0.3, -0.25) is 0 Å². The molecule has 3 aromatic rings. The zero-order valence-corrected chi connectivity index (χ0v) is 19.1. The SMILES string of the molecule is COc1cc(-c2ccc3c(c2)COc2nc(N4CCN[C@H](C(C)(C)C)C4)ccc2-3)cnn1. The fourth-order valence-corrected chi connectivity index (χ4v) is 4.37. The van der Waals surface area contributed by atoms with Gasteiger partial charge in [0, 0.05) is 42.9 Å². The Labute approximate surface area is 188 Å². The average Bonchev–Trinajstić information content (AvgIpc) is 2.82. The van der Waals surface area contributed by atoms with Crippen molar-refractivity contribution in [1.82, 2.24) is 20.5 Å². The van der Waals surface area contributed by atoms with Gasteiger partial charge in [-0.25, -0.2) is 0 Å². The Balaban J connectivity index is 1.42. The molecule has 1 N–H and O–H groups in total. The molecule has 2 aliphatic rings. The molecule has 5 rings (SSSR count). The quantitative estimate of drug-likeness (QED) is 0.674. The Morgan fingerprint density at radius 2 is 1.94 bits per heavy atom. The van der Waals surface area contributed by atoms with Crippen molar-refractivity contribution in [3.8, 4) is 34.0 Å². The molecule has 0 spiro atoms. The number of fused-ring (bicyclic) bond motifs is 3. The smallest absolute Gasteiger partial charge is 0.233 e. The van der Waals surface area contributed by atoms with Crippen molar-refractivity contribution in [2.75, 3.05) is 31.6 Å². The van der Waals surface area contributed by atoms with Crippen LogP contribution in [-0.2, 0) is 6.61 Å². The number of anilines is 1. The Hall–Kier alpha value is -3.19. The highest BCUT2D eigenvalue weighted by Gasteiger charge is 2.30. The number of rotatable bonds is 3. The summed E-state index contributed by atoms with van der Waals surface area (Å²) in [5.74, 6) is 2.19. The number of benzene rings is 1. The van der Waals surface area contributed by atoms with Crippen molar-refractivity contribution in [2.24, 2.45) is 5.41 Å². The number of aromatic nitrogens is 3. The van der Waals surface area contributed by atoms with Crippen LogP contribution in [0.3, 0.4) is 0 Å². The van der Waals surface area contributed by atoms with E-state index in [0.717, 1.165) is 53.3 Å². The zero-order chi connectivity index (χ0) is 22.3. The van der Waals surface area contributed by atoms with Crippen LogP contribution >= 0.6 is 0 Å². The van der Waals surface area contributed by atoms with Crippen molar-refractivity contribution in [2.45, 2.75) is 33.4 Å². The molecule has 32 heavy (non-hydrogen) atoms. The van der Waals surface area contributed by atoms with Crippen LogP contribution in [0.4, 0.5) is 5.82 Å². The maximum absolute atomic E-state index is 6.11. The molecule has 0 amide bonds. The van der Waals surface area contributed by atoms with Gasteiger partial charge in [-0.15, -0.1) is 5.10 Å². The predicted octanol–water partition coefficient (Wildman–Crippen LogP) is 3.93. The number of nitrogens with zero attached hydrogens (tertiary/aromatic N) is 4. The van der Waals surface area contributed by atoms with E-state index in [4.69, 9.17) is 14.5 Å². The van der Waals surface area contributed by atoms with Gasteiger partial charge in [-0.1, -0.05) is 32.9 Å². The first-order chi connectivity index (χ1) is 15.4. The van der Waals surface area contributed by atoms with Crippen molar-refractivity contribution < 1.29 is 9.47 Å². The zero-order valence-electron chi connectivity index (χ0n) is 19.1. The molecule has 0 saturated carbocycles. The lowest BCUT2D eigenvalue weighted by Crippen LogP contribution is -2.56. The highest BCUT2D eigenvalue weighted by atomic mass is 16.5. The van der Waals surface area contributed by atoms with Crippen LogP contribution in [0.1, 0.15) is 26.3 Å². The third-order valence-corrected chi connectivity index (χ3v) is 6.32. The fraction of sp³-hybridized carbons (Fsp3) is 0.400. The molecule has 1 fully saturated rings. The third-order valence-electron chi connectivity index (χ3n) is 6.32. The number of methoxy groups -OCH3 is 1. The summed E-state index contributed by atoms with van der Waals surface area (Å²) >= 11 is 0. The first-order valence-electron chi connectivity index (χ1n) is 11.0. The van der Waals surface area contributed by atoms with Crippen LogP contribution in [-0.4, -0.2) is 48.0 Å². The summed E-state index contributed by atoms with van der Waals surface area (Å²) < 4.78 is 11.3. The van der Waals surface area contributed by atoms with Gasteiger partial charge >= 0.3 is 0 Å². The summed E-state index contributed by atoms with van der Waals surface area (Å²) in [4.78, 5) is 7.26. The molecule has 1 saturated heterocycles. The summed E-state index contributed by atoms with van der Waals surface area (Å²) in [5, 5.41) is 11.6. The normalized spacial score (nSPS) is 17.9. The molecule has 1 aromatic carbocycles. The topological polar surface area (TPSA) is 72.4 Å². The highest BCUT2D eigenvalue weighted by molar-refractivity contribution is 5.78. The van der Waals surface area contributed by atoms with E-state index >= 15 is 0 Å². The van der Waals surface area contributed by atoms with Gasteiger partial charge in [0.25, 0.3) is 0 Å². The first-order valence-corrected chi connectivity index (χ1v) is 11.0. The lowest BCUT2D eigenvalue weighted by molar-refractivity contribution is 0.252. The highest BCUT2D eigenvalue weighted by Crippen LogP contribution is 2.39. The summed E-state index contributed by atoms with van der Waals surface area (Å²) in [6.45, 7) is 10.2. The summed E-state index contributed by atoms with van der Waals surface area (Å²) in [6, 6.07) is 13.0. The van der Waals surface area contributed by atoms with Gasteiger partial charge in [0.1, 0.15) is 12.4 Å². The van der Waals surface area contributed by atoms with E-state index in [-0.39, 0.29) is 5.41 Å². The molecular weight excluding hydrogens is 402 g/mol. The fourth-order valence-electron chi connectivity index (χ4n) is 4.37. The maximum atomic E-state index is 6.11. The van der Waals surface area contributed by atoms with Gasteiger partial charge in [-0.2, -0.15) is 10.1 Å². The number of ether oxygens (including phenoxy) is 2. The number of nitrogens with one attached hydrogen (secondary N) is 1. The number of pyridine rings is 1. The van der Waals surface area contributed by atoms with Crippen LogP contribution in [0.25, 0.3) is 22.3 Å². The number of piperazine rings is 1. The molecule has 0 unspecified atom stereocenters. The van der Waals surface area contributed by atoms with Crippen molar-refractivity contribution in [1.29, 1.82) is 0 Å². The first kappa shape index (κ1) is 20.7. The Morgan fingerprint density at radius 3 is 2.75 bits per heavy atom.